The van der Waals surface area contributed by atoms with Gasteiger partial charge in [0.15, 0.2) is 0 Å². The van der Waals surface area contributed by atoms with Gasteiger partial charge in [0.25, 0.3) is 5.69 Å². The van der Waals surface area contributed by atoms with Gasteiger partial charge in [-0.25, -0.2) is 0 Å². The molecule has 0 bridgehead atoms. The monoisotopic (exact) mass is 298 g/mol. The van der Waals surface area contributed by atoms with Gasteiger partial charge in [-0.05, 0) is 30.7 Å². The second-order valence-corrected chi connectivity index (χ2v) is 5.06. The van der Waals surface area contributed by atoms with E-state index in [0.29, 0.717) is 5.69 Å². The molecular weight excluding hydrogens is 280 g/mol. The molecule has 0 fully saturated rings. The third-order valence-corrected chi connectivity index (χ3v) is 3.21. The van der Waals surface area contributed by atoms with Crippen LogP contribution >= 0.6 is 0 Å². The van der Waals surface area contributed by atoms with E-state index >= 15 is 0 Å². The quantitative estimate of drug-likeness (QED) is 0.521. The highest BCUT2D eigenvalue weighted by Gasteiger charge is 2.05. The maximum Gasteiger partial charge on any atom is 0.271 e. The summed E-state index contributed by atoms with van der Waals surface area (Å²) in [5.41, 5.74) is 6.37. The fraction of sp³-hybridized carbons (Fsp3) is 0.188. The molecule has 6 nitrogen and oxygen atoms in total. The number of nitrogens with one attached hydrogen (secondary N) is 1. The summed E-state index contributed by atoms with van der Waals surface area (Å²) in [6.07, 6.45) is 0. The predicted octanol–water partition coefficient (Wildman–Crippen LogP) is 3.50. The van der Waals surface area contributed by atoms with E-state index in [1.54, 1.807) is 12.1 Å². The van der Waals surface area contributed by atoms with Crippen LogP contribution in [0.5, 0.6) is 0 Å². The van der Waals surface area contributed by atoms with Gasteiger partial charge in [-0.2, -0.15) is 5.10 Å². The standard InChI is InChI=1S/C16H18N4O2/c1-12(13-7-9-15(10-8-13)19(2)3)17-18-14-5-4-6-16(11-14)20(21)22/h4-11,18H,1-3H3/b17-12-. The molecular formula is C16H18N4O2. The van der Waals surface area contributed by atoms with Crippen molar-refractivity contribution in [2.45, 2.75) is 6.92 Å². The minimum atomic E-state index is -0.429. The van der Waals surface area contributed by atoms with Crippen molar-refractivity contribution < 1.29 is 4.92 Å². The van der Waals surface area contributed by atoms with Crippen LogP contribution in [0.3, 0.4) is 0 Å². The lowest BCUT2D eigenvalue weighted by Crippen LogP contribution is -2.08. The Morgan fingerprint density at radius 1 is 1.18 bits per heavy atom. The molecule has 0 aromatic heterocycles. The highest BCUT2D eigenvalue weighted by molar-refractivity contribution is 5.99. The summed E-state index contributed by atoms with van der Waals surface area (Å²) >= 11 is 0. The lowest BCUT2D eigenvalue weighted by Gasteiger charge is -2.12. The first-order valence-corrected chi connectivity index (χ1v) is 6.80. The smallest absolute Gasteiger partial charge is 0.271 e. The van der Waals surface area contributed by atoms with Crippen LogP contribution in [0, 0.1) is 10.1 Å². The van der Waals surface area contributed by atoms with Crippen molar-refractivity contribution in [3.63, 3.8) is 0 Å². The minimum Gasteiger partial charge on any atom is -0.378 e. The van der Waals surface area contributed by atoms with Crippen LogP contribution in [0.15, 0.2) is 53.6 Å². The molecule has 0 heterocycles. The fourth-order valence-electron chi connectivity index (χ4n) is 1.90. The molecule has 2 rings (SSSR count). The highest BCUT2D eigenvalue weighted by atomic mass is 16.6. The van der Waals surface area contributed by atoms with Crippen molar-refractivity contribution in [3.8, 4) is 0 Å². The van der Waals surface area contributed by atoms with Crippen molar-refractivity contribution in [1.82, 2.24) is 0 Å². The minimum absolute atomic E-state index is 0.0354. The fourth-order valence-corrected chi connectivity index (χ4v) is 1.90. The SMILES string of the molecule is C/C(=N/Nc1cccc([N+](=O)[O-])c1)c1ccc(N(C)C)cc1. The van der Waals surface area contributed by atoms with Crippen LogP contribution in [-0.4, -0.2) is 24.7 Å². The van der Waals surface area contributed by atoms with Gasteiger partial charge in [-0.15, -0.1) is 0 Å². The van der Waals surface area contributed by atoms with Gasteiger partial charge in [0.1, 0.15) is 0 Å². The molecule has 0 saturated carbocycles. The van der Waals surface area contributed by atoms with Crippen LogP contribution in [0.1, 0.15) is 12.5 Å². The second-order valence-electron chi connectivity index (χ2n) is 5.06. The molecule has 0 aliphatic rings. The second kappa shape index (κ2) is 6.71. The van der Waals surface area contributed by atoms with Gasteiger partial charge < -0.3 is 4.90 Å². The van der Waals surface area contributed by atoms with Crippen molar-refractivity contribution in [2.75, 3.05) is 24.4 Å². The third-order valence-electron chi connectivity index (χ3n) is 3.21. The van der Waals surface area contributed by atoms with E-state index in [2.05, 4.69) is 10.5 Å². The van der Waals surface area contributed by atoms with Crippen molar-refractivity contribution in [3.05, 3.63) is 64.2 Å². The lowest BCUT2D eigenvalue weighted by molar-refractivity contribution is -0.384. The highest BCUT2D eigenvalue weighted by Crippen LogP contribution is 2.17. The van der Waals surface area contributed by atoms with Crippen LogP contribution in [0.25, 0.3) is 0 Å². The summed E-state index contributed by atoms with van der Waals surface area (Å²) in [6, 6.07) is 14.3. The molecule has 0 radical (unpaired) electrons. The first-order valence-electron chi connectivity index (χ1n) is 6.80. The van der Waals surface area contributed by atoms with Gasteiger partial charge in [0.2, 0.25) is 0 Å². The molecule has 2 aromatic carbocycles. The number of nitro benzene ring substituents is 1. The average molecular weight is 298 g/mol. The van der Waals surface area contributed by atoms with Crippen LogP contribution in [0.4, 0.5) is 17.1 Å². The number of hydrazone groups is 1. The zero-order valence-corrected chi connectivity index (χ0v) is 12.8. The van der Waals surface area contributed by atoms with Gasteiger partial charge in [-0.1, -0.05) is 18.2 Å². The normalized spacial score (nSPS) is 11.1. The molecule has 2 aromatic rings. The molecule has 0 aliphatic carbocycles. The molecule has 0 atom stereocenters. The van der Waals surface area contributed by atoms with Crippen LogP contribution in [0.2, 0.25) is 0 Å². The summed E-state index contributed by atoms with van der Waals surface area (Å²) in [4.78, 5) is 12.3. The van der Waals surface area contributed by atoms with E-state index in [1.165, 1.54) is 12.1 Å². The van der Waals surface area contributed by atoms with E-state index in [-0.39, 0.29) is 5.69 Å². The van der Waals surface area contributed by atoms with Crippen LogP contribution in [-0.2, 0) is 0 Å². The van der Waals surface area contributed by atoms with Crippen molar-refractivity contribution >= 4 is 22.8 Å². The van der Waals surface area contributed by atoms with E-state index in [0.717, 1.165) is 17.0 Å². The van der Waals surface area contributed by atoms with Crippen LogP contribution < -0.4 is 10.3 Å². The Morgan fingerprint density at radius 2 is 1.86 bits per heavy atom. The first kappa shape index (κ1) is 15.5. The predicted molar refractivity (Wildman–Crippen MR) is 89.7 cm³/mol. The van der Waals surface area contributed by atoms with Crippen molar-refractivity contribution in [2.24, 2.45) is 5.10 Å². The summed E-state index contributed by atoms with van der Waals surface area (Å²) < 4.78 is 0. The van der Waals surface area contributed by atoms with E-state index in [1.807, 2.05) is 50.2 Å². The lowest BCUT2D eigenvalue weighted by atomic mass is 10.1. The van der Waals surface area contributed by atoms with E-state index in [9.17, 15) is 10.1 Å². The number of anilines is 2. The Balaban J connectivity index is 2.12. The first-order chi connectivity index (χ1) is 10.5. The van der Waals surface area contributed by atoms with Crippen molar-refractivity contribution in [1.29, 1.82) is 0 Å². The third kappa shape index (κ3) is 3.82. The number of hydrogen-bond acceptors (Lipinski definition) is 5. The summed E-state index contributed by atoms with van der Waals surface area (Å²) in [5.74, 6) is 0. The zero-order valence-electron chi connectivity index (χ0n) is 12.8. The molecule has 0 unspecified atom stereocenters. The van der Waals surface area contributed by atoms with Gasteiger partial charge in [0, 0.05) is 31.9 Å². The summed E-state index contributed by atoms with van der Waals surface area (Å²) in [6.45, 7) is 1.88. The Morgan fingerprint density at radius 3 is 2.45 bits per heavy atom. The van der Waals surface area contributed by atoms with Gasteiger partial charge >= 0.3 is 0 Å². The number of rotatable bonds is 5. The largest absolute Gasteiger partial charge is 0.378 e. The maximum absolute atomic E-state index is 10.7. The van der Waals surface area contributed by atoms with Gasteiger partial charge in [-0.3, -0.25) is 15.5 Å². The van der Waals surface area contributed by atoms with E-state index in [4.69, 9.17) is 0 Å². The summed E-state index contributed by atoms with van der Waals surface area (Å²) in [7, 11) is 3.97. The number of nitro groups is 1. The summed E-state index contributed by atoms with van der Waals surface area (Å²) in [5, 5.41) is 15.0. The molecule has 0 spiro atoms. The zero-order chi connectivity index (χ0) is 16.1. The molecule has 1 N–H and O–H groups in total. The molecule has 114 valence electrons. The number of benzene rings is 2. The van der Waals surface area contributed by atoms with E-state index < -0.39 is 4.92 Å². The Kier molecular flexibility index (Phi) is 4.73. The Hall–Kier alpha value is -2.89. The topological polar surface area (TPSA) is 70.8 Å². The molecule has 0 aliphatic heterocycles. The maximum atomic E-state index is 10.7. The Bertz CT molecular complexity index is 694. The molecule has 0 saturated heterocycles. The molecule has 0 amide bonds. The number of nitrogens with zero attached hydrogens (tertiary/aromatic N) is 3. The number of non-ortho nitro benzene ring substituents is 1. The average Bonchev–Trinajstić information content (AvgIpc) is 2.53. The Labute approximate surface area is 129 Å². The van der Waals surface area contributed by atoms with Gasteiger partial charge in [0.05, 0.1) is 16.3 Å². The molecule has 22 heavy (non-hydrogen) atoms. The number of hydrogen-bond donors (Lipinski definition) is 1. The molecule has 6 heteroatoms.